The maximum absolute atomic E-state index is 10.3. The summed E-state index contributed by atoms with van der Waals surface area (Å²) in [7, 11) is 0. The summed E-state index contributed by atoms with van der Waals surface area (Å²) in [4.78, 5) is 10.3. The average Bonchev–Trinajstić information content (AvgIpc) is 1.89. The first-order chi connectivity index (χ1) is 4.72. The normalized spacial score (nSPS) is 11.8. The Balaban J connectivity index is 0. The van der Waals surface area contributed by atoms with E-state index in [0.29, 0.717) is 6.42 Å². The number of hydrogen-bond donors (Lipinski definition) is 0. The maximum Gasteiger partial charge on any atom is 3.00 e. The molecule has 3 heteroatoms. The Morgan fingerprint density at radius 1 is 1.45 bits per heavy atom. The standard InChI is InChI=1S/C8H16O2.Rh/c1-3-5-6-7(4-2)8(9)10;/h7H,3-6H2,1-2H3,(H,9,10);/q;+3/p-1. The van der Waals surface area contributed by atoms with E-state index in [9.17, 15) is 9.90 Å². The predicted molar refractivity (Wildman–Crippen MR) is 38.3 cm³/mol. The van der Waals surface area contributed by atoms with Gasteiger partial charge in [-0.2, -0.15) is 0 Å². The molecule has 0 N–H and O–H groups in total. The van der Waals surface area contributed by atoms with Gasteiger partial charge in [-0.3, -0.25) is 0 Å². The van der Waals surface area contributed by atoms with Crippen LogP contribution >= 0.6 is 0 Å². The van der Waals surface area contributed by atoms with Gasteiger partial charge < -0.3 is 9.90 Å². The third-order valence-electron chi connectivity index (χ3n) is 1.73. The van der Waals surface area contributed by atoms with Crippen LogP contribution in [0.5, 0.6) is 0 Å². The van der Waals surface area contributed by atoms with Crippen molar-refractivity contribution in [1.29, 1.82) is 0 Å². The van der Waals surface area contributed by atoms with Crippen molar-refractivity contribution < 1.29 is 29.4 Å². The van der Waals surface area contributed by atoms with Gasteiger partial charge in [0.1, 0.15) is 0 Å². The van der Waals surface area contributed by atoms with E-state index in [4.69, 9.17) is 0 Å². The average molecular weight is 246 g/mol. The van der Waals surface area contributed by atoms with Gasteiger partial charge in [0.25, 0.3) is 0 Å². The van der Waals surface area contributed by atoms with Crippen molar-refractivity contribution >= 4 is 5.97 Å². The molecule has 1 unspecified atom stereocenters. The molecule has 0 bridgehead atoms. The summed E-state index contributed by atoms with van der Waals surface area (Å²) in [5, 5.41) is 10.3. The van der Waals surface area contributed by atoms with Gasteiger partial charge in [-0.1, -0.05) is 26.7 Å². The Labute approximate surface area is 81.1 Å². The predicted octanol–water partition coefficient (Wildman–Crippen LogP) is 0.950. The molecule has 0 aliphatic carbocycles. The molecule has 0 rings (SSSR count). The van der Waals surface area contributed by atoms with Crippen molar-refractivity contribution in [3.8, 4) is 0 Å². The zero-order valence-electron chi connectivity index (χ0n) is 7.06. The Bertz CT molecular complexity index is 104. The van der Waals surface area contributed by atoms with Gasteiger partial charge in [-0.25, -0.2) is 0 Å². The second kappa shape index (κ2) is 8.19. The number of carbonyl (C=O) groups is 1. The molecule has 2 nitrogen and oxygen atoms in total. The van der Waals surface area contributed by atoms with Gasteiger partial charge >= 0.3 is 19.5 Å². The van der Waals surface area contributed by atoms with Gasteiger partial charge in [0, 0.05) is 5.97 Å². The van der Waals surface area contributed by atoms with E-state index in [1.807, 2.05) is 6.92 Å². The van der Waals surface area contributed by atoms with Crippen LogP contribution in [0.25, 0.3) is 0 Å². The SMILES string of the molecule is CCCCC(CC)C(=O)[O-].[Rh+3]. The van der Waals surface area contributed by atoms with E-state index in [-0.39, 0.29) is 25.4 Å². The van der Waals surface area contributed by atoms with Crippen LogP contribution in [0, 0.1) is 5.92 Å². The van der Waals surface area contributed by atoms with Crippen molar-refractivity contribution in [3.05, 3.63) is 0 Å². The van der Waals surface area contributed by atoms with Gasteiger partial charge in [0.05, 0.1) is 0 Å². The van der Waals surface area contributed by atoms with E-state index < -0.39 is 5.97 Å². The molecule has 0 aromatic heterocycles. The third-order valence-corrected chi connectivity index (χ3v) is 1.73. The quantitative estimate of drug-likeness (QED) is 0.677. The van der Waals surface area contributed by atoms with Crippen LogP contribution in [-0.4, -0.2) is 5.97 Å². The summed E-state index contributed by atoms with van der Waals surface area (Å²) in [5.41, 5.74) is 0. The minimum atomic E-state index is -0.893. The van der Waals surface area contributed by atoms with Crippen molar-refractivity contribution in [2.24, 2.45) is 5.92 Å². The third kappa shape index (κ3) is 6.49. The molecule has 0 radical (unpaired) electrons. The molecule has 0 aliphatic heterocycles. The zero-order valence-corrected chi connectivity index (χ0v) is 8.69. The molecule has 66 valence electrons. The fraction of sp³-hybridized carbons (Fsp3) is 0.875. The number of aliphatic carboxylic acids is 1. The monoisotopic (exact) mass is 246 g/mol. The van der Waals surface area contributed by atoms with Crippen molar-refractivity contribution in [1.82, 2.24) is 0 Å². The van der Waals surface area contributed by atoms with E-state index in [1.165, 1.54) is 0 Å². The topological polar surface area (TPSA) is 40.1 Å². The molecular formula is C8H15O2Rh+2. The molecule has 1 atom stereocenters. The van der Waals surface area contributed by atoms with Crippen molar-refractivity contribution in [2.75, 3.05) is 0 Å². The first kappa shape index (κ1) is 13.7. The summed E-state index contributed by atoms with van der Waals surface area (Å²) >= 11 is 0. The summed E-state index contributed by atoms with van der Waals surface area (Å²) in [6, 6.07) is 0. The summed E-state index contributed by atoms with van der Waals surface area (Å²) in [6.45, 7) is 3.94. The summed E-state index contributed by atoms with van der Waals surface area (Å²) in [6.07, 6.45) is 3.52. The number of carboxylic acids is 1. The Morgan fingerprint density at radius 3 is 2.27 bits per heavy atom. The number of unbranched alkanes of at least 4 members (excludes halogenated alkanes) is 1. The fourth-order valence-electron chi connectivity index (χ4n) is 0.939. The van der Waals surface area contributed by atoms with Crippen LogP contribution in [0.1, 0.15) is 39.5 Å². The van der Waals surface area contributed by atoms with Gasteiger partial charge in [-0.15, -0.1) is 0 Å². The van der Waals surface area contributed by atoms with Gasteiger partial charge in [-0.05, 0) is 18.8 Å². The largest absolute Gasteiger partial charge is 3.00 e. The minimum absolute atomic E-state index is 0. The second-order valence-electron chi connectivity index (χ2n) is 2.57. The molecule has 0 aromatic rings. The van der Waals surface area contributed by atoms with Crippen LogP contribution in [-0.2, 0) is 24.3 Å². The van der Waals surface area contributed by atoms with Crippen LogP contribution < -0.4 is 5.11 Å². The zero-order chi connectivity index (χ0) is 7.98. The van der Waals surface area contributed by atoms with E-state index in [1.54, 1.807) is 0 Å². The molecule has 0 saturated carbocycles. The van der Waals surface area contributed by atoms with Crippen LogP contribution in [0.3, 0.4) is 0 Å². The Kier molecular flexibility index (Phi) is 10.2. The molecule has 0 spiro atoms. The first-order valence-corrected chi connectivity index (χ1v) is 3.93. The molecular weight excluding hydrogens is 231 g/mol. The number of carboxylic acid groups (broad SMARTS) is 1. The summed E-state index contributed by atoms with van der Waals surface area (Å²) in [5.74, 6) is -1.11. The molecule has 0 heterocycles. The number of hydrogen-bond acceptors (Lipinski definition) is 2. The van der Waals surface area contributed by atoms with Crippen molar-refractivity contribution in [2.45, 2.75) is 39.5 Å². The molecule has 0 aromatic carbocycles. The molecule has 0 aliphatic rings. The van der Waals surface area contributed by atoms with E-state index >= 15 is 0 Å². The van der Waals surface area contributed by atoms with Gasteiger partial charge in [0.2, 0.25) is 0 Å². The van der Waals surface area contributed by atoms with E-state index in [2.05, 4.69) is 6.92 Å². The smallest absolute Gasteiger partial charge is 0.550 e. The minimum Gasteiger partial charge on any atom is -0.550 e. The first-order valence-electron chi connectivity index (χ1n) is 3.93. The molecule has 0 amide bonds. The summed E-state index contributed by atoms with van der Waals surface area (Å²) < 4.78 is 0. The van der Waals surface area contributed by atoms with Crippen molar-refractivity contribution in [3.63, 3.8) is 0 Å². The Hall–Kier alpha value is 0.0934. The van der Waals surface area contributed by atoms with E-state index in [0.717, 1.165) is 19.3 Å². The van der Waals surface area contributed by atoms with Crippen LogP contribution in [0.4, 0.5) is 0 Å². The number of rotatable bonds is 5. The Morgan fingerprint density at radius 2 is 2.00 bits per heavy atom. The fourth-order valence-corrected chi connectivity index (χ4v) is 0.939. The van der Waals surface area contributed by atoms with Crippen LogP contribution in [0.2, 0.25) is 0 Å². The maximum atomic E-state index is 10.3. The van der Waals surface area contributed by atoms with Gasteiger partial charge in [0.15, 0.2) is 0 Å². The molecule has 0 fully saturated rings. The number of carbonyl (C=O) groups excluding carboxylic acids is 1. The second-order valence-corrected chi connectivity index (χ2v) is 2.57. The molecule has 11 heavy (non-hydrogen) atoms. The molecule has 0 saturated heterocycles. The van der Waals surface area contributed by atoms with Crippen LogP contribution in [0.15, 0.2) is 0 Å².